The first-order chi connectivity index (χ1) is 9.20. The fourth-order valence-corrected chi connectivity index (χ4v) is 2.33. The predicted octanol–water partition coefficient (Wildman–Crippen LogP) is 5.37. The first kappa shape index (κ1) is 14.3. The summed E-state index contributed by atoms with van der Waals surface area (Å²) in [6, 6.07) is 6.79. The van der Waals surface area contributed by atoms with E-state index in [9.17, 15) is 4.39 Å². The van der Waals surface area contributed by atoms with Crippen LogP contribution in [0.25, 0.3) is 11.3 Å². The summed E-state index contributed by atoms with van der Waals surface area (Å²) >= 11 is 3.18. The largest absolute Gasteiger partial charge is 0.361 e. The second-order valence-electron chi connectivity index (χ2n) is 4.62. The number of hydrogen-bond acceptors (Lipinski definition) is 2. The molecule has 102 valence electrons. The van der Waals surface area contributed by atoms with Gasteiger partial charge in [-0.15, -0.1) is 0 Å². The highest BCUT2D eigenvalue weighted by Crippen LogP contribution is 2.25. The van der Waals surface area contributed by atoms with E-state index >= 15 is 0 Å². The van der Waals surface area contributed by atoms with Crippen molar-refractivity contribution in [2.45, 2.75) is 39.0 Å². The third-order valence-electron chi connectivity index (χ3n) is 3.05. The summed E-state index contributed by atoms with van der Waals surface area (Å²) in [4.78, 5) is 0. The van der Waals surface area contributed by atoms with Crippen molar-refractivity contribution < 1.29 is 8.91 Å². The third kappa shape index (κ3) is 3.90. The van der Waals surface area contributed by atoms with Crippen LogP contribution in [-0.2, 0) is 6.42 Å². The smallest absolute Gasteiger partial charge is 0.137 e. The first-order valence-corrected chi connectivity index (χ1v) is 7.41. The number of unbranched alkanes of at least 4 members (excludes halogenated alkanes) is 3. The van der Waals surface area contributed by atoms with Crippen LogP contribution in [0.5, 0.6) is 0 Å². The SMILES string of the molecule is CCCCCCc1cc(-c2ccc(F)c(Br)c2)no1. The van der Waals surface area contributed by atoms with Crippen LogP contribution in [0.1, 0.15) is 38.4 Å². The summed E-state index contributed by atoms with van der Waals surface area (Å²) in [7, 11) is 0. The molecule has 19 heavy (non-hydrogen) atoms. The van der Waals surface area contributed by atoms with E-state index in [1.807, 2.05) is 6.07 Å². The molecule has 2 aromatic rings. The highest BCUT2D eigenvalue weighted by atomic mass is 79.9. The van der Waals surface area contributed by atoms with E-state index in [2.05, 4.69) is 28.0 Å². The van der Waals surface area contributed by atoms with Crippen LogP contribution >= 0.6 is 15.9 Å². The van der Waals surface area contributed by atoms with Crippen LogP contribution < -0.4 is 0 Å². The van der Waals surface area contributed by atoms with Crippen molar-refractivity contribution in [1.29, 1.82) is 0 Å². The Balaban J connectivity index is 2.01. The molecule has 0 bridgehead atoms. The number of hydrogen-bond donors (Lipinski definition) is 0. The van der Waals surface area contributed by atoms with Crippen molar-refractivity contribution in [3.63, 3.8) is 0 Å². The molecule has 0 amide bonds. The van der Waals surface area contributed by atoms with Crippen molar-refractivity contribution in [3.05, 3.63) is 40.3 Å². The lowest BCUT2D eigenvalue weighted by molar-refractivity contribution is 0.380. The van der Waals surface area contributed by atoms with Crippen LogP contribution in [0.15, 0.2) is 33.3 Å². The van der Waals surface area contributed by atoms with E-state index in [0.717, 1.165) is 29.9 Å². The van der Waals surface area contributed by atoms with Gasteiger partial charge in [0.1, 0.15) is 17.3 Å². The molecule has 1 aromatic carbocycles. The Kier molecular flexibility index (Phi) is 5.14. The maximum absolute atomic E-state index is 13.2. The van der Waals surface area contributed by atoms with Gasteiger partial charge < -0.3 is 4.52 Å². The Morgan fingerprint density at radius 3 is 2.79 bits per heavy atom. The molecule has 2 nitrogen and oxygen atoms in total. The Bertz CT molecular complexity index is 539. The Hall–Kier alpha value is -1.16. The number of rotatable bonds is 6. The van der Waals surface area contributed by atoms with Gasteiger partial charge in [0.05, 0.1) is 4.47 Å². The standard InChI is InChI=1S/C15H17BrFNO/c1-2-3-4-5-6-12-10-15(18-19-12)11-7-8-14(17)13(16)9-11/h7-10H,2-6H2,1H3. The lowest BCUT2D eigenvalue weighted by atomic mass is 10.1. The van der Waals surface area contributed by atoms with Crippen LogP contribution in [-0.4, -0.2) is 5.16 Å². The van der Waals surface area contributed by atoms with Gasteiger partial charge in [0.25, 0.3) is 0 Å². The average Bonchev–Trinajstić information content (AvgIpc) is 2.87. The maximum Gasteiger partial charge on any atom is 0.137 e. The fraction of sp³-hybridized carbons (Fsp3) is 0.400. The van der Waals surface area contributed by atoms with Gasteiger partial charge in [0.2, 0.25) is 0 Å². The molecule has 0 aliphatic carbocycles. The molecule has 4 heteroatoms. The van der Waals surface area contributed by atoms with Crippen LogP contribution in [0.3, 0.4) is 0 Å². The molecule has 0 N–H and O–H groups in total. The number of benzene rings is 1. The predicted molar refractivity (Wildman–Crippen MR) is 77.4 cm³/mol. The normalized spacial score (nSPS) is 10.9. The maximum atomic E-state index is 13.2. The molecule has 0 radical (unpaired) electrons. The summed E-state index contributed by atoms with van der Waals surface area (Å²) in [5.74, 6) is 0.624. The molecular formula is C15H17BrFNO. The lowest BCUT2D eigenvalue weighted by Crippen LogP contribution is -1.82. The topological polar surface area (TPSA) is 26.0 Å². The van der Waals surface area contributed by atoms with Gasteiger partial charge in [-0.05, 0) is 40.5 Å². The molecule has 2 rings (SSSR count). The Morgan fingerprint density at radius 2 is 2.05 bits per heavy atom. The van der Waals surface area contributed by atoms with Gasteiger partial charge in [-0.2, -0.15) is 0 Å². The number of nitrogens with zero attached hydrogens (tertiary/aromatic N) is 1. The number of halogens is 2. The van der Waals surface area contributed by atoms with E-state index in [4.69, 9.17) is 4.52 Å². The van der Waals surface area contributed by atoms with Crippen molar-refractivity contribution in [3.8, 4) is 11.3 Å². The zero-order valence-corrected chi connectivity index (χ0v) is 12.5. The summed E-state index contributed by atoms with van der Waals surface area (Å²) in [5, 5.41) is 4.04. The van der Waals surface area contributed by atoms with Crippen LogP contribution in [0.4, 0.5) is 4.39 Å². The summed E-state index contributed by atoms with van der Waals surface area (Å²) in [6.07, 6.45) is 5.73. The zero-order chi connectivity index (χ0) is 13.7. The molecular weight excluding hydrogens is 309 g/mol. The first-order valence-electron chi connectivity index (χ1n) is 6.61. The van der Waals surface area contributed by atoms with Crippen LogP contribution in [0, 0.1) is 5.82 Å². The molecule has 0 unspecified atom stereocenters. The third-order valence-corrected chi connectivity index (χ3v) is 3.66. The van der Waals surface area contributed by atoms with Gasteiger partial charge in [-0.1, -0.05) is 31.3 Å². The van der Waals surface area contributed by atoms with Crippen molar-refractivity contribution in [2.75, 3.05) is 0 Å². The van der Waals surface area contributed by atoms with Crippen molar-refractivity contribution in [1.82, 2.24) is 5.16 Å². The quantitative estimate of drug-likeness (QED) is 0.667. The zero-order valence-electron chi connectivity index (χ0n) is 11.0. The summed E-state index contributed by atoms with van der Waals surface area (Å²) in [5.41, 5.74) is 1.61. The van der Waals surface area contributed by atoms with Gasteiger partial charge in [-0.3, -0.25) is 0 Å². The van der Waals surface area contributed by atoms with E-state index in [-0.39, 0.29) is 5.82 Å². The Labute approximate surface area is 121 Å². The number of aromatic nitrogens is 1. The van der Waals surface area contributed by atoms with E-state index in [0.29, 0.717) is 4.47 Å². The number of aryl methyl sites for hydroxylation is 1. The van der Waals surface area contributed by atoms with E-state index in [1.165, 1.54) is 25.3 Å². The van der Waals surface area contributed by atoms with Crippen molar-refractivity contribution >= 4 is 15.9 Å². The molecule has 0 saturated carbocycles. The minimum atomic E-state index is -0.271. The minimum absolute atomic E-state index is 0.271. The molecule has 0 atom stereocenters. The highest BCUT2D eigenvalue weighted by molar-refractivity contribution is 9.10. The van der Waals surface area contributed by atoms with Gasteiger partial charge in [0.15, 0.2) is 0 Å². The van der Waals surface area contributed by atoms with E-state index in [1.54, 1.807) is 12.1 Å². The monoisotopic (exact) mass is 325 g/mol. The average molecular weight is 326 g/mol. The molecule has 0 saturated heterocycles. The molecule has 0 spiro atoms. The highest BCUT2D eigenvalue weighted by Gasteiger charge is 2.08. The summed E-state index contributed by atoms with van der Waals surface area (Å²) in [6.45, 7) is 2.19. The molecule has 1 aromatic heterocycles. The lowest BCUT2D eigenvalue weighted by Gasteiger charge is -1.97. The fourth-order valence-electron chi connectivity index (χ4n) is 1.95. The summed E-state index contributed by atoms with van der Waals surface area (Å²) < 4.78 is 18.9. The molecule has 0 aliphatic rings. The van der Waals surface area contributed by atoms with Gasteiger partial charge in [-0.25, -0.2) is 4.39 Å². The second kappa shape index (κ2) is 6.85. The van der Waals surface area contributed by atoms with Gasteiger partial charge in [0, 0.05) is 18.1 Å². The second-order valence-corrected chi connectivity index (χ2v) is 5.47. The van der Waals surface area contributed by atoms with Gasteiger partial charge >= 0.3 is 0 Å². The van der Waals surface area contributed by atoms with Crippen molar-refractivity contribution in [2.24, 2.45) is 0 Å². The van der Waals surface area contributed by atoms with E-state index < -0.39 is 0 Å². The molecule has 0 aliphatic heterocycles. The molecule has 1 heterocycles. The molecule has 0 fully saturated rings. The minimum Gasteiger partial charge on any atom is -0.361 e. The van der Waals surface area contributed by atoms with Crippen LogP contribution in [0.2, 0.25) is 0 Å². The Morgan fingerprint density at radius 1 is 1.21 bits per heavy atom.